The number of carbonyl (C=O) groups is 1. The zero-order chi connectivity index (χ0) is 11.7. The maximum atomic E-state index is 11.8. The standard InChI is InChI=1S/C14H18O2/c1-4-11-8-13(14(15)16-11)12-7-5-6-9(2)10(12)3/h5-7,11,13H,4,8H2,1-3H3. The molecule has 0 spiro atoms. The van der Waals surface area contributed by atoms with Crippen molar-refractivity contribution in [1.82, 2.24) is 0 Å². The second-order valence-electron chi connectivity index (χ2n) is 4.54. The molecule has 0 aromatic heterocycles. The van der Waals surface area contributed by atoms with Crippen LogP contribution in [0, 0.1) is 13.8 Å². The normalized spacial score (nSPS) is 24.6. The third-order valence-electron chi connectivity index (χ3n) is 3.54. The zero-order valence-corrected chi connectivity index (χ0v) is 10.1. The maximum absolute atomic E-state index is 11.8. The van der Waals surface area contributed by atoms with E-state index in [1.807, 2.05) is 12.1 Å². The number of hydrogen-bond acceptors (Lipinski definition) is 2. The second kappa shape index (κ2) is 4.28. The number of aryl methyl sites for hydroxylation is 1. The third-order valence-corrected chi connectivity index (χ3v) is 3.54. The number of ether oxygens (including phenoxy) is 1. The van der Waals surface area contributed by atoms with E-state index in [1.165, 1.54) is 11.1 Å². The molecule has 0 saturated carbocycles. The van der Waals surface area contributed by atoms with Crippen molar-refractivity contribution in [3.8, 4) is 0 Å². The Morgan fingerprint density at radius 2 is 2.12 bits per heavy atom. The smallest absolute Gasteiger partial charge is 0.313 e. The Balaban J connectivity index is 2.31. The van der Waals surface area contributed by atoms with Gasteiger partial charge >= 0.3 is 5.97 Å². The molecule has 1 heterocycles. The van der Waals surface area contributed by atoms with Crippen LogP contribution >= 0.6 is 0 Å². The minimum Gasteiger partial charge on any atom is -0.462 e. The van der Waals surface area contributed by atoms with Gasteiger partial charge in [0.15, 0.2) is 0 Å². The van der Waals surface area contributed by atoms with Gasteiger partial charge in [-0.1, -0.05) is 25.1 Å². The summed E-state index contributed by atoms with van der Waals surface area (Å²) in [6, 6.07) is 6.15. The molecule has 0 aliphatic carbocycles. The first kappa shape index (κ1) is 11.2. The van der Waals surface area contributed by atoms with E-state index in [0.717, 1.165) is 18.4 Å². The average Bonchev–Trinajstić information content (AvgIpc) is 2.64. The van der Waals surface area contributed by atoms with Crippen LogP contribution in [0.25, 0.3) is 0 Å². The molecule has 2 unspecified atom stereocenters. The van der Waals surface area contributed by atoms with Crippen LogP contribution in [-0.4, -0.2) is 12.1 Å². The summed E-state index contributed by atoms with van der Waals surface area (Å²) in [5.74, 6) is -0.106. The average molecular weight is 218 g/mol. The van der Waals surface area contributed by atoms with Gasteiger partial charge in [-0.05, 0) is 37.0 Å². The molecule has 2 heteroatoms. The molecule has 0 radical (unpaired) electrons. The highest BCUT2D eigenvalue weighted by Gasteiger charge is 2.35. The Kier molecular flexibility index (Phi) is 2.99. The van der Waals surface area contributed by atoms with Gasteiger partial charge < -0.3 is 4.74 Å². The van der Waals surface area contributed by atoms with Crippen molar-refractivity contribution in [2.45, 2.75) is 45.6 Å². The van der Waals surface area contributed by atoms with Crippen LogP contribution in [-0.2, 0) is 9.53 Å². The van der Waals surface area contributed by atoms with Gasteiger partial charge in [0, 0.05) is 6.42 Å². The van der Waals surface area contributed by atoms with Gasteiger partial charge in [-0.3, -0.25) is 4.79 Å². The van der Waals surface area contributed by atoms with Crippen LogP contribution < -0.4 is 0 Å². The first-order chi connectivity index (χ1) is 7.63. The quantitative estimate of drug-likeness (QED) is 0.713. The molecule has 2 nitrogen and oxygen atoms in total. The van der Waals surface area contributed by atoms with Gasteiger partial charge in [-0.15, -0.1) is 0 Å². The fraction of sp³-hybridized carbons (Fsp3) is 0.500. The Hall–Kier alpha value is -1.31. The van der Waals surface area contributed by atoms with E-state index in [9.17, 15) is 4.79 Å². The molecular weight excluding hydrogens is 200 g/mol. The highest BCUT2D eigenvalue weighted by Crippen LogP contribution is 2.34. The fourth-order valence-electron chi connectivity index (χ4n) is 2.31. The largest absolute Gasteiger partial charge is 0.462 e. The number of cyclic esters (lactones) is 1. The van der Waals surface area contributed by atoms with Crippen LogP contribution in [0.5, 0.6) is 0 Å². The number of hydrogen-bond donors (Lipinski definition) is 0. The lowest BCUT2D eigenvalue weighted by Crippen LogP contribution is -2.07. The summed E-state index contributed by atoms with van der Waals surface area (Å²) >= 11 is 0. The summed E-state index contributed by atoms with van der Waals surface area (Å²) in [4.78, 5) is 11.8. The lowest BCUT2D eigenvalue weighted by molar-refractivity contribution is -0.142. The van der Waals surface area contributed by atoms with Gasteiger partial charge in [0.25, 0.3) is 0 Å². The molecule has 2 atom stereocenters. The molecule has 0 N–H and O–H groups in total. The molecular formula is C14H18O2. The fourth-order valence-corrected chi connectivity index (χ4v) is 2.31. The SMILES string of the molecule is CCC1CC(c2cccc(C)c2C)C(=O)O1. The molecule has 0 amide bonds. The first-order valence-electron chi connectivity index (χ1n) is 5.90. The van der Waals surface area contributed by atoms with Gasteiger partial charge in [-0.2, -0.15) is 0 Å². The van der Waals surface area contributed by atoms with Crippen molar-refractivity contribution >= 4 is 5.97 Å². The predicted octanol–water partition coefficient (Wildman–Crippen LogP) is 3.11. The summed E-state index contributed by atoms with van der Waals surface area (Å²) in [6.45, 7) is 6.22. The van der Waals surface area contributed by atoms with E-state index in [4.69, 9.17) is 4.74 Å². The minimum atomic E-state index is -0.0550. The van der Waals surface area contributed by atoms with Gasteiger partial charge in [0.2, 0.25) is 0 Å². The van der Waals surface area contributed by atoms with Crippen LogP contribution in [0.2, 0.25) is 0 Å². The molecule has 1 fully saturated rings. The molecule has 1 saturated heterocycles. The van der Waals surface area contributed by atoms with E-state index in [1.54, 1.807) is 0 Å². The maximum Gasteiger partial charge on any atom is 0.313 e. The minimum absolute atomic E-state index is 0.0511. The number of carbonyl (C=O) groups excluding carboxylic acids is 1. The molecule has 1 aliphatic heterocycles. The van der Waals surface area contributed by atoms with E-state index >= 15 is 0 Å². The molecule has 1 aliphatic rings. The van der Waals surface area contributed by atoms with Gasteiger partial charge in [-0.25, -0.2) is 0 Å². The van der Waals surface area contributed by atoms with Crippen LogP contribution in [0.3, 0.4) is 0 Å². The van der Waals surface area contributed by atoms with Crippen LogP contribution in [0.15, 0.2) is 18.2 Å². The second-order valence-corrected chi connectivity index (χ2v) is 4.54. The summed E-state index contributed by atoms with van der Waals surface area (Å²) in [6.07, 6.45) is 1.85. The number of rotatable bonds is 2. The summed E-state index contributed by atoms with van der Waals surface area (Å²) in [7, 11) is 0. The predicted molar refractivity (Wildman–Crippen MR) is 63.4 cm³/mol. The van der Waals surface area contributed by atoms with Crippen molar-refractivity contribution in [3.05, 3.63) is 34.9 Å². The zero-order valence-electron chi connectivity index (χ0n) is 10.1. The Labute approximate surface area is 96.6 Å². The molecule has 86 valence electrons. The Morgan fingerprint density at radius 3 is 2.75 bits per heavy atom. The molecule has 1 aromatic carbocycles. The van der Waals surface area contributed by atoms with E-state index in [-0.39, 0.29) is 18.0 Å². The highest BCUT2D eigenvalue weighted by molar-refractivity contribution is 5.80. The lowest BCUT2D eigenvalue weighted by atomic mass is 9.90. The van der Waals surface area contributed by atoms with Crippen LogP contribution in [0.1, 0.15) is 42.4 Å². The van der Waals surface area contributed by atoms with Crippen molar-refractivity contribution in [2.75, 3.05) is 0 Å². The lowest BCUT2D eigenvalue weighted by Gasteiger charge is -2.11. The van der Waals surface area contributed by atoms with E-state index in [0.29, 0.717) is 0 Å². The number of benzene rings is 1. The molecule has 1 aromatic rings. The third kappa shape index (κ3) is 1.84. The van der Waals surface area contributed by atoms with Gasteiger partial charge in [0.1, 0.15) is 6.10 Å². The molecule has 0 bridgehead atoms. The van der Waals surface area contributed by atoms with E-state index < -0.39 is 0 Å². The summed E-state index contributed by atoms with van der Waals surface area (Å²) < 4.78 is 5.33. The topological polar surface area (TPSA) is 26.3 Å². The van der Waals surface area contributed by atoms with Crippen LogP contribution in [0.4, 0.5) is 0 Å². The van der Waals surface area contributed by atoms with Crippen molar-refractivity contribution in [1.29, 1.82) is 0 Å². The van der Waals surface area contributed by atoms with Crippen molar-refractivity contribution in [2.24, 2.45) is 0 Å². The Bertz CT molecular complexity index is 409. The molecule has 16 heavy (non-hydrogen) atoms. The molecule has 2 rings (SSSR count). The highest BCUT2D eigenvalue weighted by atomic mass is 16.5. The van der Waals surface area contributed by atoms with Crippen molar-refractivity contribution in [3.63, 3.8) is 0 Å². The first-order valence-corrected chi connectivity index (χ1v) is 5.90. The van der Waals surface area contributed by atoms with Crippen molar-refractivity contribution < 1.29 is 9.53 Å². The monoisotopic (exact) mass is 218 g/mol. The van der Waals surface area contributed by atoms with Gasteiger partial charge in [0.05, 0.1) is 5.92 Å². The summed E-state index contributed by atoms with van der Waals surface area (Å²) in [5, 5.41) is 0. The van der Waals surface area contributed by atoms with E-state index in [2.05, 4.69) is 26.8 Å². The Morgan fingerprint density at radius 1 is 1.38 bits per heavy atom. The summed E-state index contributed by atoms with van der Waals surface area (Å²) in [5.41, 5.74) is 3.60. The number of esters is 1.